The van der Waals surface area contributed by atoms with Crippen molar-refractivity contribution in [2.24, 2.45) is 5.41 Å². The summed E-state index contributed by atoms with van der Waals surface area (Å²) in [5.74, 6) is 0. The van der Waals surface area contributed by atoms with Crippen LogP contribution in [-0.4, -0.2) is 51.8 Å². The second-order valence-corrected chi connectivity index (χ2v) is 4.91. The SMILES string of the molecule is CCCC1(CN(C)CCOC)CCNC1. The molecule has 0 bridgehead atoms. The van der Waals surface area contributed by atoms with E-state index in [1.54, 1.807) is 7.11 Å². The van der Waals surface area contributed by atoms with Crippen molar-refractivity contribution in [2.45, 2.75) is 26.2 Å². The molecule has 1 atom stereocenters. The summed E-state index contributed by atoms with van der Waals surface area (Å²) in [6.07, 6.45) is 3.97. The molecule has 1 rings (SSSR count). The highest BCUT2D eigenvalue weighted by molar-refractivity contribution is 4.89. The van der Waals surface area contributed by atoms with Crippen molar-refractivity contribution in [2.75, 3.05) is 46.9 Å². The fourth-order valence-electron chi connectivity index (χ4n) is 2.65. The quantitative estimate of drug-likeness (QED) is 0.692. The third kappa shape index (κ3) is 4.09. The normalized spacial score (nSPS) is 26.4. The highest BCUT2D eigenvalue weighted by Gasteiger charge is 2.33. The summed E-state index contributed by atoms with van der Waals surface area (Å²) in [6, 6.07) is 0. The van der Waals surface area contributed by atoms with E-state index in [1.807, 2.05) is 0 Å². The first-order valence-electron chi connectivity index (χ1n) is 6.11. The minimum atomic E-state index is 0.525. The van der Waals surface area contributed by atoms with Crippen molar-refractivity contribution in [1.82, 2.24) is 10.2 Å². The van der Waals surface area contributed by atoms with E-state index in [4.69, 9.17) is 4.74 Å². The molecule has 0 radical (unpaired) electrons. The molecule has 1 heterocycles. The van der Waals surface area contributed by atoms with Crippen LogP contribution in [0.25, 0.3) is 0 Å². The fourth-order valence-corrected chi connectivity index (χ4v) is 2.65. The average molecular weight is 214 g/mol. The van der Waals surface area contributed by atoms with Gasteiger partial charge in [0.25, 0.3) is 0 Å². The lowest BCUT2D eigenvalue weighted by atomic mass is 9.82. The van der Waals surface area contributed by atoms with E-state index >= 15 is 0 Å². The fraction of sp³-hybridized carbons (Fsp3) is 1.00. The second-order valence-electron chi connectivity index (χ2n) is 4.91. The summed E-state index contributed by atoms with van der Waals surface area (Å²) in [6.45, 7) is 7.76. The van der Waals surface area contributed by atoms with Crippen LogP contribution in [0.15, 0.2) is 0 Å². The molecule has 15 heavy (non-hydrogen) atoms. The molecule has 0 saturated carbocycles. The van der Waals surface area contributed by atoms with Gasteiger partial charge in [0.05, 0.1) is 6.61 Å². The number of hydrogen-bond donors (Lipinski definition) is 1. The Morgan fingerprint density at radius 1 is 1.47 bits per heavy atom. The Morgan fingerprint density at radius 3 is 2.80 bits per heavy atom. The molecular weight excluding hydrogens is 188 g/mol. The van der Waals surface area contributed by atoms with Crippen LogP contribution in [0.5, 0.6) is 0 Å². The predicted molar refractivity (Wildman–Crippen MR) is 64.2 cm³/mol. The van der Waals surface area contributed by atoms with Crippen LogP contribution >= 0.6 is 0 Å². The van der Waals surface area contributed by atoms with E-state index < -0.39 is 0 Å². The topological polar surface area (TPSA) is 24.5 Å². The standard InChI is InChI=1S/C12H26N2O/c1-4-5-12(6-7-13-10-12)11-14(2)8-9-15-3/h13H,4-11H2,1-3H3. The maximum atomic E-state index is 5.11. The van der Waals surface area contributed by atoms with Crippen molar-refractivity contribution in [3.8, 4) is 0 Å². The molecule has 1 fully saturated rings. The van der Waals surface area contributed by atoms with Crippen molar-refractivity contribution in [3.05, 3.63) is 0 Å². The summed E-state index contributed by atoms with van der Waals surface area (Å²) in [7, 11) is 3.97. The van der Waals surface area contributed by atoms with Crippen molar-refractivity contribution in [3.63, 3.8) is 0 Å². The molecular formula is C12H26N2O. The van der Waals surface area contributed by atoms with E-state index in [9.17, 15) is 0 Å². The monoisotopic (exact) mass is 214 g/mol. The van der Waals surface area contributed by atoms with Gasteiger partial charge in [-0.25, -0.2) is 0 Å². The Bertz CT molecular complexity index is 167. The highest BCUT2D eigenvalue weighted by Crippen LogP contribution is 2.31. The van der Waals surface area contributed by atoms with Gasteiger partial charge in [0, 0.05) is 26.7 Å². The first kappa shape index (κ1) is 12.9. The Balaban J connectivity index is 2.36. The molecule has 0 aromatic heterocycles. The Hall–Kier alpha value is -0.120. The molecule has 0 spiro atoms. The molecule has 90 valence electrons. The third-order valence-electron chi connectivity index (χ3n) is 3.39. The summed E-state index contributed by atoms with van der Waals surface area (Å²) < 4.78 is 5.11. The van der Waals surface area contributed by atoms with Crippen molar-refractivity contribution < 1.29 is 4.74 Å². The minimum absolute atomic E-state index is 0.525. The van der Waals surface area contributed by atoms with E-state index in [0.717, 1.165) is 13.2 Å². The molecule has 1 unspecified atom stereocenters. The smallest absolute Gasteiger partial charge is 0.0589 e. The number of rotatable bonds is 7. The van der Waals surface area contributed by atoms with Crippen LogP contribution < -0.4 is 5.32 Å². The summed E-state index contributed by atoms with van der Waals surface area (Å²) in [4.78, 5) is 2.41. The predicted octanol–water partition coefficient (Wildman–Crippen LogP) is 1.34. The maximum Gasteiger partial charge on any atom is 0.0589 e. The van der Waals surface area contributed by atoms with E-state index in [-0.39, 0.29) is 0 Å². The summed E-state index contributed by atoms with van der Waals surface area (Å²) >= 11 is 0. The molecule has 3 heteroatoms. The number of nitrogens with zero attached hydrogens (tertiary/aromatic N) is 1. The largest absolute Gasteiger partial charge is 0.383 e. The molecule has 1 aliphatic rings. The van der Waals surface area contributed by atoms with Crippen molar-refractivity contribution in [1.29, 1.82) is 0 Å². The lowest BCUT2D eigenvalue weighted by Crippen LogP contribution is -2.38. The van der Waals surface area contributed by atoms with E-state index in [2.05, 4.69) is 24.2 Å². The van der Waals surface area contributed by atoms with Gasteiger partial charge in [0.2, 0.25) is 0 Å². The lowest BCUT2D eigenvalue weighted by Gasteiger charge is -2.32. The zero-order valence-electron chi connectivity index (χ0n) is 10.5. The molecule has 1 saturated heterocycles. The Morgan fingerprint density at radius 2 is 2.27 bits per heavy atom. The van der Waals surface area contributed by atoms with Crippen molar-refractivity contribution >= 4 is 0 Å². The van der Waals surface area contributed by atoms with Crippen LogP contribution in [0.4, 0.5) is 0 Å². The van der Waals surface area contributed by atoms with Gasteiger partial charge < -0.3 is 15.0 Å². The van der Waals surface area contributed by atoms with Crippen LogP contribution in [0.1, 0.15) is 26.2 Å². The number of methoxy groups -OCH3 is 1. The summed E-state index contributed by atoms with van der Waals surface area (Å²) in [5.41, 5.74) is 0.525. The maximum absolute atomic E-state index is 5.11. The molecule has 1 N–H and O–H groups in total. The van der Waals surface area contributed by atoms with Gasteiger partial charge in [-0.3, -0.25) is 0 Å². The van der Waals surface area contributed by atoms with Crippen LogP contribution in [-0.2, 0) is 4.74 Å². The lowest BCUT2D eigenvalue weighted by molar-refractivity contribution is 0.125. The first-order valence-corrected chi connectivity index (χ1v) is 6.11. The second kappa shape index (κ2) is 6.46. The average Bonchev–Trinajstić information content (AvgIpc) is 2.64. The molecule has 0 amide bonds. The third-order valence-corrected chi connectivity index (χ3v) is 3.39. The van der Waals surface area contributed by atoms with Gasteiger partial charge in [-0.1, -0.05) is 13.3 Å². The zero-order chi connectivity index (χ0) is 11.1. The van der Waals surface area contributed by atoms with Crippen LogP contribution in [0, 0.1) is 5.41 Å². The number of nitrogens with one attached hydrogen (secondary N) is 1. The van der Waals surface area contributed by atoms with Crippen LogP contribution in [0.3, 0.4) is 0 Å². The molecule has 0 aromatic rings. The molecule has 0 aromatic carbocycles. The minimum Gasteiger partial charge on any atom is -0.383 e. The van der Waals surface area contributed by atoms with Gasteiger partial charge in [0.1, 0.15) is 0 Å². The van der Waals surface area contributed by atoms with Gasteiger partial charge >= 0.3 is 0 Å². The summed E-state index contributed by atoms with van der Waals surface area (Å²) in [5, 5.41) is 3.50. The number of hydrogen-bond acceptors (Lipinski definition) is 3. The van der Waals surface area contributed by atoms with Gasteiger partial charge in [-0.15, -0.1) is 0 Å². The Kier molecular flexibility index (Phi) is 5.58. The molecule has 1 aliphatic heterocycles. The van der Waals surface area contributed by atoms with Gasteiger partial charge in [-0.05, 0) is 31.8 Å². The first-order chi connectivity index (χ1) is 7.22. The number of ether oxygens (including phenoxy) is 1. The van der Waals surface area contributed by atoms with Gasteiger partial charge in [0.15, 0.2) is 0 Å². The highest BCUT2D eigenvalue weighted by atomic mass is 16.5. The molecule has 3 nitrogen and oxygen atoms in total. The van der Waals surface area contributed by atoms with Gasteiger partial charge in [-0.2, -0.15) is 0 Å². The molecule has 0 aliphatic carbocycles. The van der Waals surface area contributed by atoms with E-state index in [0.29, 0.717) is 5.41 Å². The Labute approximate surface area is 94.2 Å². The zero-order valence-corrected chi connectivity index (χ0v) is 10.5. The van der Waals surface area contributed by atoms with E-state index in [1.165, 1.54) is 38.9 Å². The number of likely N-dealkylation sites (N-methyl/N-ethyl adjacent to an activating group) is 1. The van der Waals surface area contributed by atoms with Crippen LogP contribution in [0.2, 0.25) is 0 Å².